The minimum atomic E-state index is -3.83. The normalized spacial score (nSPS) is 23.8. The predicted octanol–water partition coefficient (Wildman–Crippen LogP) is 4.30. The van der Waals surface area contributed by atoms with Crippen LogP contribution in [0.4, 0.5) is 0 Å². The van der Waals surface area contributed by atoms with Gasteiger partial charge in [-0.05, 0) is 93.9 Å². The molecule has 2 N–H and O–H groups in total. The molecule has 0 unspecified atom stereocenters. The highest BCUT2D eigenvalue weighted by Gasteiger charge is 2.34. The van der Waals surface area contributed by atoms with E-state index in [1.165, 1.54) is 16.4 Å². The maximum absolute atomic E-state index is 13.5. The molecule has 2 heterocycles. The maximum atomic E-state index is 13.5. The van der Waals surface area contributed by atoms with Gasteiger partial charge in [-0.15, -0.1) is 0 Å². The molecule has 0 atom stereocenters. The van der Waals surface area contributed by atoms with Crippen molar-refractivity contribution in [3.8, 4) is 0 Å². The van der Waals surface area contributed by atoms with Crippen LogP contribution < -0.4 is 5.32 Å². The first kappa shape index (κ1) is 26.1. The molecule has 0 spiro atoms. The van der Waals surface area contributed by atoms with Crippen LogP contribution in [0, 0.1) is 11.8 Å². The van der Waals surface area contributed by atoms with Crippen LogP contribution in [0.2, 0.25) is 0 Å². The van der Waals surface area contributed by atoms with Crippen LogP contribution in [0.25, 0.3) is 10.9 Å². The van der Waals surface area contributed by atoms with E-state index in [2.05, 4.69) is 12.2 Å². The number of benzene rings is 1. The summed E-state index contributed by atoms with van der Waals surface area (Å²) in [7, 11) is -3.83. The zero-order valence-electron chi connectivity index (χ0n) is 21.5. The van der Waals surface area contributed by atoms with Crippen LogP contribution in [0.1, 0.15) is 86.3 Å². The number of carbonyl (C=O) groups excluding carboxylic acids is 1. The summed E-state index contributed by atoms with van der Waals surface area (Å²) in [5.74, 6) is -0.464. The third-order valence-electron chi connectivity index (χ3n) is 8.52. The molecule has 1 aliphatic heterocycles. The molecule has 3 aliphatic rings. The lowest BCUT2D eigenvalue weighted by Crippen LogP contribution is -2.46. The first-order valence-electron chi connectivity index (χ1n) is 13.7. The number of hydrogen-bond donors (Lipinski definition) is 2. The SMILES string of the molecule is CC1CCC(NC(=O)C2CCN(S(=O)(=O)c3ccc4nc5c(c(C(=O)O)c4c3)CCCCC5)CC2)CC1. The van der Waals surface area contributed by atoms with Gasteiger partial charge in [-0.3, -0.25) is 9.78 Å². The van der Waals surface area contributed by atoms with Crippen molar-refractivity contribution in [1.29, 1.82) is 0 Å². The highest BCUT2D eigenvalue weighted by Crippen LogP contribution is 2.32. The number of sulfonamides is 1. The molecule has 2 aliphatic carbocycles. The number of aryl methyl sites for hydroxylation is 1. The quantitative estimate of drug-likeness (QED) is 0.560. The van der Waals surface area contributed by atoms with Crippen molar-refractivity contribution < 1.29 is 23.1 Å². The van der Waals surface area contributed by atoms with Gasteiger partial charge in [0, 0.05) is 36.1 Å². The molecule has 200 valence electrons. The van der Waals surface area contributed by atoms with Gasteiger partial charge in [0.15, 0.2) is 0 Å². The van der Waals surface area contributed by atoms with E-state index in [-0.39, 0.29) is 41.4 Å². The number of carboxylic acids is 1. The van der Waals surface area contributed by atoms with Crippen LogP contribution in [0.3, 0.4) is 0 Å². The standard InChI is InChI=1S/C28H37N3O5S/c1-18-7-9-20(10-8-18)29-27(32)19-13-15-31(16-14-19)37(35,36)21-11-12-25-23(17-21)26(28(33)34)22-5-3-2-4-6-24(22)30-25/h11-12,17-20H,2-10,13-16H2,1H3,(H,29,32)(H,33,34). The topological polar surface area (TPSA) is 117 Å². The largest absolute Gasteiger partial charge is 0.478 e. The van der Waals surface area contributed by atoms with Crippen LogP contribution in [0.5, 0.6) is 0 Å². The smallest absolute Gasteiger partial charge is 0.336 e. The van der Waals surface area contributed by atoms with Crippen LogP contribution >= 0.6 is 0 Å². The van der Waals surface area contributed by atoms with Crippen molar-refractivity contribution in [2.45, 2.75) is 88.5 Å². The van der Waals surface area contributed by atoms with E-state index in [4.69, 9.17) is 4.98 Å². The average Bonchev–Trinajstić information content (AvgIpc) is 3.13. The van der Waals surface area contributed by atoms with Gasteiger partial charge in [-0.1, -0.05) is 13.3 Å². The predicted molar refractivity (Wildman–Crippen MR) is 141 cm³/mol. The van der Waals surface area contributed by atoms with Crippen molar-refractivity contribution in [1.82, 2.24) is 14.6 Å². The summed E-state index contributed by atoms with van der Waals surface area (Å²) >= 11 is 0. The summed E-state index contributed by atoms with van der Waals surface area (Å²) in [4.78, 5) is 29.9. The van der Waals surface area contributed by atoms with Gasteiger partial charge >= 0.3 is 5.97 Å². The van der Waals surface area contributed by atoms with Gasteiger partial charge in [0.2, 0.25) is 15.9 Å². The van der Waals surface area contributed by atoms with E-state index >= 15 is 0 Å². The molecular formula is C28H37N3O5S. The summed E-state index contributed by atoms with van der Waals surface area (Å²) in [6, 6.07) is 4.87. The number of amides is 1. The van der Waals surface area contributed by atoms with E-state index in [0.717, 1.165) is 62.6 Å². The first-order chi connectivity index (χ1) is 17.7. The van der Waals surface area contributed by atoms with E-state index in [0.29, 0.717) is 36.1 Å². The first-order valence-corrected chi connectivity index (χ1v) is 15.2. The Morgan fingerprint density at radius 1 is 1.00 bits per heavy atom. The summed E-state index contributed by atoms with van der Waals surface area (Å²) in [6.07, 6.45) is 9.56. The van der Waals surface area contributed by atoms with Gasteiger partial charge in [-0.2, -0.15) is 4.31 Å². The Kier molecular flexibility index (Phi) is 7.54. The molecule has 1 saturated carbocycles. The number of pyridine rings is 1. The van der Waals surface area contributed by atoms with Gasteiger partial charge in [0.05, 0.1) is 16.0 Å². The monoisotopic (exact) mass is 527 g/mol. The Bertz CT molecular complexity index is 1290. The second-order valence-corrected chi connectivity index (χ2v) is 13.0. The number of carbonyl (C=O) groups is 2. The third-order valence-corrected chi connectivity index (χ3v) is 10.4. The molecule has 1 amide bonds. The minimum absolute atomic E-state index is 0.0418. The molecule has 1 saturated heterocycles. The fourth-order valence-corrected chi connectivity index (χ4v) is 7.71. The lowest BCUT2D eigenvalue weighted by atomic mass is 9.87. The van der Waals surface area contributed by atoms with Crippen molar-refractivity contribution in [3.05, 3.63) is 35.0 Å². The average molecular weight is 528 g/mol. The van der Waals surface area contributed by atoms with Crippen molar-refractivity contribution in [3.63, 3.8) is 0 Å². The Morgan fingerprint density at radius 3 is 2.41 bits per heavy atom. The van der Waals surface area contributed by atoms with Gasteiger partial charge < -0.3 is 10.4 Å². The highest BCUT2D eigenvalue weighted by molar-refractivity contribution is 7.89. The fourth-order valence-electron chi connectivity index (χ4n) is 6.22. The molecule has 8 nitrogen and oxygen atoms in total. The van der Waals surface area contributed by atoms with Gasteiger partial charge in [-0.25, -0.2) is 13.2 Å². The summed E-state index contributed by atoms with van der Waals surface area (Å²) in [5, 5.41) is 13.6. The van der Waals surface area contributed by atoms with Gasteiger partial charge in [0.25, 0.3) is 0 Å². The van der Waals surface area contributed by atoms with Crippen LogP contribution in [-0.2, 0) is 27.7 Å². The molecule has 0 bridgehead atoms. The molecule has 37 heavy (non-hydrogen) atoms. The molecular weight excluding hydrogens is 490 g/mol. The molecule has 0 radical (unpaired) electrons. The van der Waals surface area contributed by atoms with Crippen molar-refractivity contribution >= 4 is 32.8 Å². The molecule has 1 aromatic heterocycles. The van der Waals surface area contributed by atoms with Crippen LogP contribution in [-0.4, -0.2) is 53.8 Å². The number of nitrogens with zero attached hydrogens (tertiary/aromatic N) is 2. The molecule has 5 rings (SSSR count). The fraction of sp³-hybridized carbons (Fsp3) is 0.607. The number of aromatic nitrogens is 1. The Labute approximate surface area is 218 Å². The maximum Gasteiger partial charge on any atom is 0.336 e. The Hall–Kier alpha value is -2.52. The second kappa shape index (κ2) is 10.7. The zero-order chi connectivity index (χ0) is 26.2. The number of carboxylic acid groups (broad SMARTS) is 1. The molecule has 2 fully saturated rings. The van der Waals surface area contributed by atoms with Crippen LogP contribution in [0.15, 0.2) is 23.1 Å². The molecule has 9 heteroatoms. The van der Waals surface area contributed by atoms with E-state index in [1.807, 2.05) is 0 Å². The number of fused-ring (bicyclic) bond motifs is 2. The highest BCUT2D eigenvalue weighted by atomic mass is 32.2. The van der Waals surface area contributed by atoms with E-state index < -0.39 is 16.0 Å². The third kappa shape index (κ3) is 5.39. The Balaban J connectivity index is 1.33. The minimum Gasteiger partial charge on any atom is -0.478 e. The molecule has 1 aromatic carbocycles. The summed E-state index contributed by atoms with van der Waals surface area (Å²) in [6.45, 7) is 2.79. The van der Waals surface area contributed by atoms with E-state index in [1.54, 1.807) is 6.07 Å². The molecule has 2 aromatic rings. The number of aromatic carboxylic acids is 1. The Morgan fingerprint density at radius 2 is 1.70 bits per heavy atom. The number of piperidine rings is 1. The number of rotatable bonds is 5. The number of hydrogen-bond acceptors (Lipinski definition) is 5. The van der Waals surface area contributed by atoms with Crippen molar-refractivity contribution in [2.75, 3.05) is 13.1 Å². The lowest BCUT2D eigenvalue weighted by molar-refractivity contribution is -0.127. The summed E-state index contributed by atoms with van der Waals surface area (Å²) in [5.41, 5.74) is 2.27. The summed E-state index contributed by atoms with van der Waals surface area (Å²) < 4.78 is 28.5. The van der Waals surface area contributed by atoms with Crippen molar-refractivity contribution in [2.24, 2.45) is 11.8 Å². The number of nitrogens with one attached hydrogen (secondary N) is 1. The second-order valence-electron chi connectivity index (χ2n) is 11.1. The zero-order valence-corrected chi connectivity index (χ0v) is 22.4. The van der Waals surface area contributed by atoms with Gasteiger partial charge in [0.1, 0.15) is 0 Å². The lowest BCUT2D eigenvalue weighted by Gasteiger charge is -2.33. The van der Waals surface area contributed by atoms with E-state index in [9.17, 15) is 23.1 Å².